The van der Waals surface area contributed by atoms with Crippen LogP contribution >= 0.6 is 0 Å². The van der Waals surface area contributed by atoms with Crippen LogP contribution in [-0.2, 0) is 16.0 Å². The average molecular weight is 181 g/mol. The van der Waals surface area contributed by atoms with E-state index < -0.39 is 0 Å². The molecule has 0 unspecified atom stereocenters. The van der Waals surface area contributed by atoms with Gasteiger partial charge in [0.15, 0.2) is 0 Å². The van der Waals surface area contributed by atoms with Gasteiger partial charge in [0, 0.05) is 6.20 Å². The molecule has 1 N–H and O–H groups in total. The number of rotatable bonds is 3. The van der Waals surface area contributed by atoms with Crippen molar-refractivity contribution in [2.24, 2.45) is 0 Å². The predicted octanol–water partition coefficient (Wildman–Crippen LogP) is 0.893. The van der Waals surface area contributed by atoms with Gasteiger partial charge in [0.05, 0.1) is 18.7 Å². The molecule has 1 aromatic rings. The Hall–Kier alpha value is -1.58. The Morgan fingerprint density at radius 1 is 1.69 bits per heavy atom. The van der Waals surface area contributed by atoms with Crippen molar-refractivity contribution in [1.82, 2.24) is 4.98 Å². The third-order valence-corrected chi connectivity index (χ3v) is 1.48. The largest absolute Gasteiger partial charge is 0.506 e. The molecule has 1 aromatic heterocycles. The van der Waals surface area contributed by atoms with E-state index in [1.165, 1.54) is 12.3 Å². The van der Waals surface area contributed by atoms with Gasteiger partial charge < -0.3 is 9.84 Å². The van der Waals surface area contributed by atoms with E-state index in [0.717, 1.165) is 0 Å². The van der Waals surface area contributed by atoms with Gasteiger partial charge in [-0.3, -0.25) is 9.78 Å². The SMILES string of the molecule is CCOC(=O)Cc1ncccc1O. The van der Waals surface area contributed by atoms with E-state index in [2.05, 4.69) is 4.98 Å². The summed E-state index contributed by atoms with van der Waals surface area (Å²) in [5.41, 5.74) is 0.348. The zero-order chi connectivity index (χ0) is 9.68. The molecule has 0 radical (unpaired) electrons. The number of aromatic hydroxyl groups is 1. The maximum Gasteiger partial charge on any atom is 0.312 e. The third kappa shape index (κ3) is 2.74. The molecule has 4 nitrogen and oxygen atoms in total. The second kappa shape index (κ2) is 4.45. The molecule has 0 bridgehead atoms. The Morgan fingerprint density at radius 2 is 2.46 bits per heavy atom. The summed E-state index contributed by atoms with van der Waals surface area (Å²) in [6.45, 7) is 2.07. The van der Waals surface area contributed by atoms with Gasteiger partial charge in [-0.25, -0.2) is 0 Å². The molecule has 0 saturated heterocycles. The van der Waals surface area contributed by atoms with Crippen LogP contribution in [0.5, 0.6) is 5.75 Å². The summed E-state index contributed by atoms with van der Waals surface area (Å²) < 4.78 is 4.71. The predicted molar refractivity (Wildman–Crippen MR) is 46.2 cm³/mol. The van der Waals surface area contributed by atoms with E-state index in [4.69, 9.17) is 4.74 Å². The quantitative estimate of drug-likeness (QED) is 0.703. The fraction of sp³-hybridized carbons (Fsp3) is 0.333. The summed E-state index contributed by atoms with van der Waals surface area (Å²) in [6.07, 6.45) is 1.54. The van der Waals surface area contributed by atoms with Crippen LogP contribution in [-0.4, -0.2) is 22.7 Å². The number of carbonyl (C=O) groups excluding carboxylic acids is 1. The maximum absolute atomic E-state index is 11.0. The van der Waals surface area contributed by atoms with E-state index in [1.54, 1.807) is 13.0 Å². The van der Waals surface area contributed by atoms with Crippen molar-refractivity contribution in [2.75, 3.05) is 6.61 Å². The normalized spacial score (nSPS) is 9.62. The van der Waals surface area contributed by atoms with Crippen molar-refractivity contribution >= 4 is 5.97 Å². The minimum Gasteiger partial charge on any atom is -0.506 e. The monoisotopic (exact) mass is 181 g/mol. The van der Waals surface area contributed by atoms with Gasteiger partial charge in [0.2, 0.25) is 0 Å². The Labute approximate surface area is 76.2 Å². The highest BCUT2D eigenvalue weighted by molar-refractivity contribution is 5.72. The zero-order valence-electron chi connectivity index (χ0n) is 7.36. The van der Waals surface area contributed by atoms with Gasteiger partial charge in [-0.15, -0.1) is 0 Å². The van der Waals surface area contributed by atoms with Gasteiger partial charge >= 0.3 is 5.97 Å². The van der Waals surface area contributed by atoms with E-state index in [-0.39, 0.29) is 18.1 Å². The summed E-state index contributed by atoms with van der Waals surface area (Å²) in [5.74, 6) is -0.355. The summed E-state index contributed by atoms with van der Waals surface area (Å²) in [5, 5.41) is 9.26. The van der Waals surface area contributed by atoms with Gasteiger partial charge in [-0.2, -0.15) is 0 Å². The highest BCUT2D eigenvalue weighted by Crippen LogP contribution is 2.13. The molecule has 0 aromatic carbocycles. The molecule has 0 aliphatic carbocycles. The highest BCUT2D eigenvalue weighted by Gasteiger charge is 2.08. The maximum atomic E-state index is 11.0. The molecule has 0 aliphatic heterocycles. The number of pyridine rings is 1. The molecule has 0 atom stereocenters. The summed E-state index contributed by atoms with van der Waals surface area (Å²) in [4.78, 5) is 14.8. The van der Waals surface area contributed by atoms with Crippen LogP contribution in [0.15, 0.2) is 18.3 Å². The van der Waals surface area contributed by atoms with Crippen LogP contribution in [0.4, 0.5) is 0 Å². The summed E-state index contributed by atoms with van der Waals surface area (Å²) in [6, 6.07) is 3.09. The van der Waals surface area contributed by atoms with Crippen molar-refractivity contribution in [3.8, 4) is 5.75 Å². The summed E-state index contributed by atoms with van der Waals surface area (Å²) in [7, 11) is 0. The van der Waals surface area contributed by atoms with E-state index in [9.17, 15) is 9.90 Å². The number of aromatic nitrogens is 1. The molecule has 4 heteroatoms. The summed E-state index contributed by atoms with van der Waals surface area (Å²) >= 11 is 0. The lowest BCUT2D eigenvalue weighted by molar-refractivity contribution is -0.142. The average Bonchev–Trinajstić information content (AvgIpc) is 2.09. The first-order chi connectivity index (χ1) is 6.24. The minimum absolute atomic E-state index is 0.0144. The first-order valence-electron chi connectivity index (χ1n) is 4.02. The number of ether oxygens (including phenoxy) is 1. The van der Waals surface area contributed by atoms with E-state index in [0.29, 0.717) is 12.3 Å². The van der Waals surface area contributed by atoms with Crippen molar-refractivity contribution in [1.29, 1.82) is 0 Å². The second-order valence-electron chi connectivity index (χ2n) is 2.45. The van der Waals surface area contributed by atoms with E-state index >= 15 is 0 Å². The number of hydrogen-bond acceptors (Lipinski definition) is 4. The Morgan fingerprint density at radius 3 is 3.08 bits per heavy atom. The molecule has 1 rings (SSSR count). The fourth-order valence-corrected chi connectivity index (χ4v) is 0.914. The molecule has 13 heavy (non-hydrogen) atoms. The van der Waals surface area contributed by atoms with Gasteiger partial charge in [-0.05, 0) is 19.1 Å². The molecule has 1 heterocycles. The van der Waals surface area contributed by atoms with Crippen LogP contribution in [0.3, 0.4) is 0 Å². The molecular formula is C9H11NO3. The fourth-order valence-electron chi connectivity index (χ4n) is 0.914. The molecular weight excluding hydrogens is 170 g/mol. The zero-order valence-corrected chi connectivity index (χ0v) is 7.36. The van der Waals surface area contributed by atoms with Crippen molar-refractivity contribution < 1.29 is 14.6 Å². The lowest BCUT2D eigenvalue weighted by atomic mass is 10.2. The standard InChI is InChI=1S/C9H11NO3/c1-2-13-9(12)6-7-8(11)4-3-5-10-7/h3-5,11H,2,6H2,1H3. The first kappa shape index (κ1) is 9.51. The lowest BCUT2D eigenvalue weighted by Gasteiger charge is -2.02. The topological polar surface area (TPSA) is 59.4 Å². The van der Waals surface area contributed by atoms with Crippen LogP contribution in [0.1, 0.15) is 12.6 Å². The number of hydrogen-bond donors (Lipinski definition) is 1. The molecule has 0 aliphatic rings. The van der Waals surface area contributed by atoms with Crippen LogP contribution in [0.25, 0.3) is 0 Å². The molecule has 0 spiro atoms. The second-order valence-corrected chi connectivity index (χ2v) is 2.45. The van der Waals surface area contributed by atoms with Crippen molar-refractivity contribution in [2.45, 2.75) is 13.3 Å². The van der Waals surface area contributed by atoms with E-state index in [1.807, 2.05) is 0 Å². The smallest absolute Gasteiger partial charge is 0.312 e. The number of esters is 1. The Kier molecular flexibility index (Phi) is 3.25. The Balaban J connectivity index is 2.63. The number of carbonyl (C=O) groups is 1. The third-order valence-electron chi connectivity index (χ3n) is 1.48. The Bertz CT molecular complexity index is 299. The molecule has 0 saturated carbocycles. The van der Waals surface area contributed by atoms with Crippen molar-refractivity contribution in [3.63, 3.8) is 0 Å². The van der Waals surface area contributed by atoms with Gasteiger partial charge in [0.1, 0.15) is 5.75 Å². The molecule has 0 fully saturated rings. The molecule has 0 amide bonds. The van der Waals surface area contributed by atoms with Crippen LogP contribution in [0, 0.1) is 0 Å². The van der Waals surface area contributed by atoms with Gasteiger partial charge in [-0.1, -0.05) is 0 Å². The van der Waals surface area contributed by atoms with Crippen molar-refractivity contribution in [3.05, 3.63) is 24.0 Å². The molecule has 70 valence electrons. The van der Waals surface area contributed by atoms with Gasteiger partial charge in [0.25, 0.3) is 0 Å². The van der Waals surface area contributed by atoms with Crippen LogP contribution < -0.4 is 0 Å². The minimum atomic E-state index is -0.378. The van der Waals surface area contributed by atoms with Crippen LogP contribution in [0.2, 0.25) is 0 Å². The highest BCUT2D eigenvalue weighted by atomic mass is 16.5. The number of nitrogens with zero attached hydrogens (tertiary/aromatic N) is 1. The first-order valence-corrected chi connectivity index (χ1v) is 4.02. The lowest BCUT2D eigenvalue weighted by Crippen LogP contribution is -2.08.